The lowest BCUT2D eigenvalue weighted by Gasteiger charge is -2.34. The predicted molar refractivity (Wildman–Crippen MR) is 118 cm³/mol. The van der Waals surface area contributed by atoms with E-state index in [2.05, 4.69) is 19.6 Å². The molecule has 0 aliphatic carbocycles. The molecule has 1 unspecified atom stereocenters. The third-order valence-electron chi connectivity index (χ3n) is 2.64. The Hall–Kier alpha value is 0.641. The molecule has 0 saturated heterocycles. The Bertz CT molecular complexity index is 446. The Labute approximate surface area is 169 Å². The van der Waals surface area contributed by atoms with Crippen LogP contribution in [0.15, 0.2) is 0 Å². The van der Waals surface area contributed by atoms with Crippen molar-refractivity contribution >= 4 is 32.8 Å². The first kappa shape index (κ1) is 27.6. The molecule has 0 heterocycles. The lowest BCUT2D eigenvalue weighted by Crippen LogP contribution is -2.44. The van der Waals surface area contributed by atoms with Gasteiger partial charge in [-0.2, -0.15) is 0 Å². The molecule has 1 atom stereocenters. The molecular weight excluding hydrogens is 419 g/mol. The van der Waals surface area contributed by atoms with E-state index in [0.717, 1.165) is 0 Å². The van der Waals surface area contributed by atoms with Crippen molar-refractivity contribution in [2.24, 2.45) is 0 Å². The van der Waals surface area contributed by atoms with E-state index in [1.165, 1.54) is 0 Å². The fourth-order valence-corrected chi connectivity index (χ4v) is 9.81. The van der Waals surface area contributed by atoms with Crippen LogP contribution < -0.4 is 0 Å². The van der Waals surface area contributed by atoms with Gasteiger partial charge in [0.1, 0.15) is 6.10 Å². The molecule has 0 spiro atoms. The van der Waals surface area contributed by atoms with Gasteiger partial charge >= 0.3 is 7.82 Å². The maximum absolute atomic E-state index is 13.3. The molecule has 0 fully saturated rings. The number of hydrogen-bond acceptors (Lipinski definition) is 7. The molecule has 0 aliphatic rings. The SMILES string of the molecule is CCOC(OCC)C(COP(=O)(O[Si](C)(C)C)O[Si](C)(C)C)O[Si](C)(C)C. The van der Waals surface area contributed by atoms with Gasteiger partial charge < -0.3 is 22.3 Å². The van der Waals surface area contributed by atoms with Crippen molar-refractivity contribution in [1.82, 2.24) is 0 Å². The summed E-state index contributed by atoms with van der Waals surface area (Å²) in [6.07, 6.45) is -1.11. The average molecular weight is 461 g/mol. The van der Waals surface area contributed by atoms with Gasteiger partial charge in [-0.25, -0.2) is 4.57 Å². The van der Waals surface area contributed by atoms with Gasteiger partial charge in [-0.05, 0) is 72.8 Å². The Balaban J connectivity index is 5.47. The van der Waals surface area contributed by atoms with Crippen LogP contribution in [-0.2, 0) is 31.4 Å². The van der Waals surface area contributed by atoms with Gasteiger partial charge in [0.2, 0.25) is 0 Å². The summed E-state index contributed by atoms with van der Waals surface area (Å²) in [5.41, 5.74) is 0. The number of hydrogen-bond donors (Lipinski definition) is 0. The molecule has 0 aromatic rings. The first-order valence-corrected chi connectivity index (χ1v) is 21.3. The summed E-state index contributed by atoms with van der Waals surface area (Å²) < 4.78 is 48.4. The summed E-state index contributed by atoms with van der Waals surface area (Å²) in [6.45, 7) is 22.7. The Morgan fingerprint density at radius 1 is 0.741 bits per heavy atom. The zero-order valence-corrected chi connectivity index (χ0v) is 23.0. The molecule has 7 nitrogen and oxygen atoms in total. The lowest BCUT2D eigenvalue weighted by molar-refractivity contribution is -0.191. The topological polar surface area (TPSA) is 72.5 Å². The standard InChI is InChI=1S/C16H41O7PSi3/c1-12-18-16(19-13-2)15(21-25(3,4)5)14-20-24(17,22-26(6,7)8)23-27(9,10)11/h15-16H,12-14H2,1-11H3. The predicted octanol–water partition coefficient (Wildman–Crippen LogP) is 5.43. The zero-order valence-electron chi connectivity index (χ0n) is 19.1. The highest BCUT2D eigenvalue weighted by molar-refractivity contribution is 7.52. The smallest absolute Gasteiger partial charge is 0.407 e. The highest BCUT2D eigenvalue weighted by atomic mass is 31.2. The highest BCUT2D eigenvalue weighted by Crippen LogP contribution is 2.54. The van der Waals surface area contributed by atoms with Crippen LogP contribution in [0.1, 0.15) is 13.8 Å². The fourth-order valence-electron chi connectivity index (χ4n) is 2.12. The molecule has 27 heavy (non-hydrogen) atoms. The Kier molecular flexibility index (Phi) is 11.4. The monoisotopic (exact) mass is 460 g/mol. The summed E-state index contributed by atoms with van der Waals surface area (Å²) >= 11 is 0. The van der Waals surface area contributed by atoms with Crippen LogP contribution >= 0.6 is 7.82 Å². The average Bonchev–Trinajstić information content (AvgIpc) is 2.37. The molecule has 0 radical (unpaired) electrons. The molecule has 164 valence electrons. The second-order valence-corrected chi connectivity index (χ2v) is 24.7. The minimum absolute atomic E-state index is 0.0151. The van der Waals surface area contributed by atoms with Crippen LogP contribution in [0.5, 0.6) is 0 Å². The minimum atomic E-state index is -3.71. The van der Waals surface area contributed by atoms with E-state index < -0.39 is 45.2 Å². The van der Waals surface area contributed by atoms with Crippen LogP contribution in [0.2, 0.25) is 58.9 Å². The second-order valence-electron chi connectivity index (χ2n) is 9.20. The first-order valence-electron chi connectivity index (χ1n) is 9.57. The van der Waals surface area contributed by atoms with Crippen LogP contribution in [-0.4, -0.2) is 57.2 Å². The van der Waals surface area contributed by atoms with Crippen molar-refractivity contribution in [3.8, 4) is 0 Å². The van der Waals surface area contributed by atoms with Gasteiger partial charge in [-0.15, -0.1) is 0 Å². The van der Waals surface area contributed by atoms with Crippen molar-refractivity contribution in [3.63, 3.8) is 0 Å². The summed E-state index contributed by atoms with van der Waals surface area (Å²) in [4.78, 5) is 0. The number of rotatable bonds is 14. The van der Waals surface area contributed by atoms with Crippen LogP contribution in [0.25, 0.3) is 0 Å². The molecule has 0 bridgehead atoms. The maximum Gasteiger partial charge on any atom is 0.455 e. The maximum atomic E-state index is 13.3. The van der Waals surface area contributed by atoms with Gasteiger partial charge in [0.05, 0.1) is 6.61 Å². The summed E-state index contributed by atoms with van der Waals surface area (Å²) in [7, 11) is -9.95. The molecule has 11 heteroatoms. The molecule has 0 aliphatic heterocycles. The lowest BCUT2D eigenvalue weighted by atomic mass is 10.4. The van der Waals surface area contributed by atoms with E-state index in [-0.39, 0.29) is 6.61 Å². The van der Waals surface area contributed by atoms with E-state index in [0.29, 0.717) is 13.2 Å². The molecule has 0 N–H and O–H groups in total. The third kappa shape index (κ3) is 14.3. The third-order valence-corrected chi connectivity index (χ3v) is 10.3. The molecule has 0 aromatic carbocycles. The van der Waals surface area contributed by atoms with Crippen molar-refractivity contribution < 1.29 is 31.4 Å². The molecule has 0 aromatic heterocycles. The second kappa shape index (κ2) is 11.1. The minimum Gasteiger partial charge on any atom is -0.407 e. The van der Waals surface area contributed by atoms with E-state index in [1.54, 1.807) is 0 Å². The number of phosphoric acid groups is 1. The van der Waals surface area contributed by atoms with Crippen molar-refractivity contribution in [2.75, 3.05) is 19.8 Å². The molecule has 0 rings (SSSR count). The summed E-state index contributed by atoms with van der Waals surface area (Å²) in [6, 6.07) is 0. The summed E-state index contributed by atoms with van der Waals surface area (Å²) in [5.74, 6) is 0. The van der Waals surface area contributed by atoms with Gasteiger partial charge in [-0.1, -0.05) is 0 Å². The van der Waals surface area contributed by atoms with Crippen LogP contribution in [0.3, 0.4) is 0 Å². The van der Waals surface area contributed by atoms with E-state index in [9.17, 15) is 4.57 Å². The van der Waals surface area contributed by atoms with Crippen LogP contribution in [0.4, 0.5) is 0 Å². The largest absolute Gasteiger partial charge is 0.455 e. The molecular formula is C16H41O7PSi3. The zero-order chi connectivity index (χ0) is 21.5. The van der Waals surface area contributed by atoms with Crippen molar-refractivity contribution in [3.05, 3.63) is 0 Å². The fraction of sp³-hybridized carbons (Fsp3) is 1.00. The Morgan fingerprint density at radius 3 is 1.44 bits per heavy atom. The van der Waals surface area contributed by atoms with Gasteiger partial charge in [0.25, 0.3) is 0 Å². The van der Waals surface area contributed by atoms with Crippen molar-refractivity contribution in [2.45, 2.75) is 85.2 Å². The van der Waals surface area contributed by atoms with Gasteiger partial charge in [-0.3, -0.25) is 4.52 Å². The van der Waals surface area contributed by atoms with Crippen LogP contribution in [0, 0.1) is 0 Å². The summed E-state index contributed by atoms with van der Waals surface area (Å²) in [5, 5.41) is 0. The van der Waals surface area contributed by atoms with Gasteiger partial charge in [0.15, 0.2) is 31.2 Å². The normalized spacial score (nSPS) is 15.4. The Morgan fingerprint density at radius 2 is 1.15 bits per heavy atom. The molecule has 0 saturated carbocycles. The quantitative estimate of drug-likeness (QED) is 0.194. The van der Waals surface area contributed by atoms with E-state index in [4.69, 9.17) is 26.8 Å². The van der Waals surface area contributed by atoms with E-state index >= 15 is 0 Å². The molecule has 0 amide bonds. The van der Waals surface area contributed by atoms with Crippen molar-refractivity contribution in [1.29, 1.82) is 0 Å². The van der Waals surface area contributed by atoms with E-state index in [1.807, 2.05) is 53.1 Å². The van der Waals surface area contributed by atoms with Gasteiger partial charge in [0, 0.05) is 13.2 Å². The number of ether oxygens (including phenoxy) is 2. The highest BCUT2D eigenvalue weighted by Gasteiger charge is 2.40. The first-order chi connectivity index (χ1) is 12.0.